The number of alkyl halides is 3. The zero-order chi connectivity index (χ0) is 23.5. The number of urea groups is 1. The molecule has 0 fully saturated rings. The molecule has 3 aromatic rings. The fourth-order valence-electron chi connectivity index (χ4n) is 2.56. The standard InChI is InChI=1S/C20H14Cl2F3N3O3S/c21-17-9-6-15(11-18(17)22)28-32(30,31)16-7-4-13(5-8-16)26-19(29)27-14-3-1-2-12(10-14)20(23,24)25/h1-11,28H,(H2,26,27,29). The Morgan fingerprint density at radius 2 is 1.41 bits per heavy atom. The van der Waals surface area contributed by atoms with E-state index in [1.165, 1.54) is 54.6 Å². The SMILES string of the molecule is O=C(Nc1ccc(S(=O)(=O)Nc2ccc(Cl)c(Cl)c2)cc1)Nc1cccc(C(F)(F)F)c1. The van der Waals surface area contributed by atoms with Crippen LogP contribution in [0.3, 0.4) is 0 Å². The predicted molar refractivity (Wildman–Crippen MR) is 118 cm³/mol. The first-order valence-corrected chi connectivity index (χ1v) is 11.0. The van der Waals surface area contributed by atoms with Crippen molar-refractivity contribution in [2.45, 2.75) is 11.1 Å². The van der Waals surface area contributed by atoms with Gasteiger partial charge in [-0.25, -0.2) is 13.2 Å². The monoisotopic (exact) mass is 503 g/mol. The molecule has 0 aliphatic rings. The molecule has 3 aromatic carbocycles. The summed E-state index contributed by atoms with van der Waals surface area (Å²) in [7, 11) is -3.94. The van der Waals surface area contributed by atoms with Gasteiger partial charge in [0.1, 0.15) is 0 Å². The summed E-state index contributed by atoms with van der Waals surface area (Å²) >= 11 is 11.7. The number of hydrogen-bond donors (Lipinski definition) is 3. The third-order valence-electron chi connectivity index (χ3n) is 4.04. The summed E-state index contributed by atoms with van der Waals surface area (Å²) in [5, 5.41) is 5.15. The summed E-state index contributed by atoms with van der Waals surface area (Å²) in [4.78, 5) is 12.0. The molecule has 6 nitrogen and oxygen atoms in total. The molecule has 0 heterocycles. The van der Waals surface area contributed by atoms with E-state index >= 15 is 0 Å². The van der Waals surface area contributed by atoms with Gasteiger partial charge in [0.2, 0.25) is 0 Å². The van der Waals surface area contributed by atoms with Crippen LogP contribution in [0.5, 0.6) is 0 Å². The van der Waals surface area contributed by atoms with E-state index in [1.54, 1.807) is 0 Å². The van der Waals surface area contributed by atoms with Crippen LogP contribution in [0.25, 0.3) is 0 Å². The van der Waals surface area contributed by atoms with Crippen LogP contribution in [-0.4, -0.2) is 14.4 Å². The van der Waals surface area contributed by atoms with Crippen LogP contribution in [0.2, 0.25) is 10.0 Å². The maximum absolute atomic E-state index is 12.8. The summed E-state index contributed by atoms with van der Waals surface area (Å²) in [6.07, 6.45) is -4.54. The van der Waals surface area contributed by atoms with Crippen molar-refractivity contribution in [2.24, 2.45) is 0 Å². The number of nitrogens with one attached hydrogen (secondary N) is 3. The first kappa shape index (κ1) is 23.7. The molecule has 0 saturated carbocycles. The molecule has 0 saturated heterocycles. The number of carbonyl (C=O) groups excluding carboxylic acids is 1. The highest BCUT2D eigenvalue weighted by Crippen LogP contribution is 2.31. The zero-order valence-electron chi connectivity index (χ0n) is 15.9. The number of carbonyl (C=O) groups is 1. The average molecular weight is 504 g/mol. The van der Waals surface area contributed by atoms with E-state index in [2.05, 4.69) is 15.4 Å². The van der Waals surface area contributed by atoms with Crippen LogP contribution in [-0.2, 0) is 16.2 Å². The minimum atomic E-state index is -4.54. The Balaban J connectivity index is 1.66. The molecule has 3 rings (SSSR count). The molecule has 0 aliphatic carbocycles. The van der Waals surface area contributed by atoms with Crippen LogP contribution < -0.4 is 15.4 Å². The molecule has 2 amide bonds. The van der Waals surface area contributed by atoms with Gasteiger partial charge in [0, 0.05) is 11.4 Å². The molecule has 0 radical (unpaired) electrons. The smallest absolute Gasteiger partial charge is 0.308 e. The van der Waals surface area contributed by atoms with Crippen LogP contribution >= 0.6 is 23.2 Å². The lowest BCUT2D eigenvalue weighted by atomic mass is 10.2. The summed E-state index contributed by atoms with van der Waals surface area (Å²) in [6, 6.07) is 12.8. The normalized spacial score (nSPS) is 11.7. The Morgan fingerprint density at radius 3 is 2.03 bits per heavy atom. The van der Waals surface area contributed by atoms with Gasteiger partial charge >= 0.3 is 12.2 Å². The lowest BCUT2D eigenvalue weighted by Crippen LogP contribution is -2.20. The second-order valence-corrected chi connectivity index (χ2v) is 8.91. The Bertz CT molecular complexity index is 1250. The third kappa shape index (κ3) is 6.06. The van der Waals surface area contributed by atoms with Gasteiger partial charge in [0.15, 0.2) is 0 Å². The van der Waals surface area contributed by atoms with E-state index in [0.717, 1.165) is 12.1 Å². The number of hydrogen-bond acceptors (Lipinski definition) is 3. The van der Waals surface area contributed by atoms with Crippen molar-refractivity contribution in [3.8, 4) is 0 Å². The highest BCUT2D eigenvalue weighted by Gasteiger charge is 2.30. The highest BCUT2D eigenvalue weighted by atomic mass is 35.5. The van der Waals surface area contributed by atoms with Crippen molar-refractivity contribution in [3.63, 3.8) is 0 Å². The second kappa shape index (κ2) is 9.27. The molecule has 0 spiro atoms. The van der Waals surface area contributed by atoms with Crippen molar-refractivity contribution >= 4 is 56.3 Å². The Labute approximate surface area is 191 Å². The fraction of sp³-hybridized carbons (Fsp3) is 0.0500. The highest BCUT2D eigenvalue weighted by molar-refractivity contribution is 7.92. The molecule has 0 atom stereocenters. The lowest BCUT2D eigenvalue weighted by molar-refractivity contribution is -0.137. The Kier molecular flexibility index (Phi) is 6.87. The fourth-order valence-corrected chi connectivity index (χ4v) is 3.91. The van der Waals surface area contributed by atoms with E-state index in [0.29, 0.717) is 0 Å². The molecule has 32 heavy (non-hydrogen) atoms. The quantitative estimate of drug-likeness (QED) is 0.373. The second-order valence-electron chi connectivity index (χ2n) is 6.42. The van der Waals surface area contributed by atoms with Crippen LogP contribution in [0.15, 0.2) is 71.6 Å². The van der Waals surface area contributed by atoms with Crippen molar-refractivity contribution in [1.82, 2.24) is 0 Å². The Hall–Kier alpha value is -2.95. The molecular formula is C20H14Cl2F3N3O3S. The molecule has 0 bridgehead atoms. The number of amides is 2. The molecule has 0 aromatic heterocycles. The first-order chi connectivity index (χ1) is 14.9. The van der Waals surface area contributed by atoms with Gasteiger partial charge in [-0.05, 0) is 60.7 Å². The lowest BCUT2D eigenvalue weighted by Gasteiger charge is -2.12. The van der Waals surface area contributed by atoms with Gasteiger partial charge in [0.05, 0.1) is 26.2 Å². The summed E-state index contributed by atoms with van der Waals surface area (Å²) in [6.45, 7) is 0. The van der Waals surface area contributed by atoms with Crippen molar-refractivity contribution in [3.05, 3.63) is 82.3 Å². The predicted octanol–water partition coefficient (Wildman–Crippen LogP) is 6.46. The molecule has 12 heteroatoms. The summed E-state index contributed by atoms with van der Waals surface area (Å²) < 4.78 is 65.7. The maximum atomic E-state index is 12.8. The maximum Gasteiger partial charge on any atom is 0.416 e. The number of rotatable bonds is 5. The minimum absolute atomic E-state index is 0.0534. The first-order valence-electron chi connectivity index (χ1n) is 8.77. The van der Waals surface area contributed by atoms with E-state index in [-0.39, 0.29) is 32.0 Å². The minimum Gasteiger partial charge on any atom is -0.308 e. The van der Waals surface area contributed by atoms with Gasteiger partial charge in [-0.3, -0.25) is 4.72 Å². The number of sulfonamides is 1. The van der Waals surface area contributed by atoms with Crippen molar-refractivity contribution < 1.29 is 26.4 Å². The summed E-state index contributed by atoms with van der Waals surface area (Å²) in [5.41, 5.74) is -0.522. The third-order valence-corrected chi connectivity index (χ3v) is 6.18. The van der Waals surface area contributed by atoms with Crippen LogP contribution in [0.4, 0.5) is 35.0 Å². The van der Waals surface area contributed by atoms with Gasteiger partial charge < -0.3 is 10.6 Å². The van der Waals surface area contributed by atoms with Gasteiger partial charge in [-0.2, -0.15) is 13.2 Å². The van der Waals surface area contributed by atoms with Gasteiger partial charge in [-0.15, -0.1) is 0 Å². The van der Waals surface area contributed by atoms with Crippen molar-refractivity contribution in [1.29, 1.82) is 0 Å². The van der Waals surface area contributed by atoms with E-state index in [9.17, 15) is 26.4 Å². The number of benzene rings is 3. The summed E-state index contributed by atoms with van der Waals surface area (Å²) in [5.74, 6) is 0. The van der Waals surface area contributed by atoms with E-state index < -0.39 is 27.8 Å². The zero-order valence-corrected chi connectivity index (χ0v) is 18.2. The van der Waals surface area contributed by atoms with Gasteiger partial charge in [0.25, 0.3) is 10.0 Å². The van der Waals surface area contributed by atoms with Crippen LogP contribution in [0.1, 0.15) is 5.56 Å². The molecule has 3 N–H and O–H groups in total. The van der Waals surface area contributed by atoms with E-state index in [1.807, 2.05) is 0 Å². The van der Waals surface area contributed by atoms with Gasteiger partial charge in [-0.1, -0.05) is 29.3 Å². The topological polar surface area (TPSA) is 87.3 Å². The molecule has 0 unspecified atom stereocenters. The Morgan fingerprint density at radius 1 is 0.781 bits per heavy atom. The van der Waals surface area contributed by atoms with E-state index in [4.69, 9.17) is 23.2 Å². The largest absolute Gasteiger partial charge is 0.416 e. The molecular weight excluding hydrogens is 490 g/mol. The molecule has 168 valence electrons. The molecule has 0 aliphatic heterocycles. The van der Waals surface area contributed by atoms with Crippen molar-refractivity contribution in [2.75, 3.05) is 15.4 Å². The average Bonchev–Trinajstić information content (AvgIpc) is 2.70. The van der Waals surface area contributed by atoms with Crippen LogP contribution in [0, 0.1) is 0 Å². The number of halogens is 5. The number of anilines is 3.